The summed E-state index contributed by atoms with van der Waals surface area (Å²) < 4.78 is 7.33. The average Bonchev–Trinajstić information content (AvgIpc) is 3.26. The number of fused-ring (bicyclic) bond motifs is 2. The summed E-state index contributed by atoms with van der Waals surface area (Å²) in [4.78, 5) is 13.4. The molecule has 3 aromatic heterocycles. The maximum atomic E-state index is 5.27. The SMILES string of the molecule is COc1cc(-c2cnc3c(c2)C(c2ccc4ncn(C)c4c2)=C(C)C3)ccn1. The molecule has 0 bridgehead atoms. The number of ether oxygens (including phenoxy) is 1. The molecule has 0 aliphatic heterocycles. The van der Waals surface area contributed by atoms with Crippen LogP contribution in [0.1, 0.15) is 23.7 Å². The highest BCUT2D eigenvalue weighted by Crippen LogP contribution is 2.39. The Bertz CT molecular complexity index is 1250. The van der Waals surface area contributed by atoms with Gasteiger partial charge in [0.25, 0.3) is 0 Å². The molecular formula is C23H20N4O. The van der Waals surface area contributed by atoms with E-state index >= 15 is 0 Å². The van der Waals surface area contributed by atoms with Crippen LogP contribution in [-0.2, 0) is 13.5 Å². The Kier molecular flexibility index (Phi) is 3.76. The molecule has 138 valence electrons. The first kappa shape index (κ1) is 16.7. The number of hydrogen-bond donors (Lipinski definition) is 0. The predicted octanol–water partition coefficient (Wildman–Crippen LogP) is 4.42. The number of aromatic nitrogens is 4. The van der Waals surface area contributed by atoms with Crippen LogP contribution in [0.15, 0.2) is 60.7 Å². The van der Waals surface area contributed by atoms with Crippen molar-refractivity contribution in [3.63, 3.8) is 0 Å². The summed E-state index contributed by atoms with van der Waals surface area (Å²) in [5.74, 6) is 0.603. The maximum Gasteiger partial charge on any atom is 0.213 e. The van der Waals surface area contributed by atoms with E-state index < -0.39 is 0 Å². The van der Waals surface area contributed by atoms with Crippen LogP contribution in [0.2, 0.25) is 0 Å². The second-order valence-corrected chi connectivity index (χ2v) is 7.20. The van der Waals surface area contributed by atoms with E-state index in [0.717, 1.165) is 34.3 Å². The van der Waals surface area contributed by atoms with E-state index in [1.54, 1.807) is 13.3 Å². The Hall–Kier alpha value is -3.47. The molecule has 1 aliphatic carbocycles. The largest absolute Gasteiger partial charge is 0.481 e. The van der Waals surface area contributed by atoms with Crippen LogP contribution >= 0.6 is 0 Å². The van der Waals surface area contributed by atoms with Crippen LogP contribution in [0.5, 0.6) is 5.88 Å². The van der Waals surface area contributed by atoms with E-state index in [1.807, 2.05) is 31.7 Å². The Morgan fingerprint density at radius 3 is 2.71 bits per heavy atom. The first-order valence-electron chi connectivity index (χ1n) is 9.25. The minimum Gasteiger partial charge on any atom is -0.481 e. The normalized spacial score (nSPS) is 13.2. The van der Waals surface area contributed by atoms with E-state index in [9.17, 15) is 0 Å². The molecule has 1 aromatic carbocycles. The van der Waals surface area contributed by atoms with E-state index in [1.165, 1.54) is 22.3 Å². The summed E-state index contributed by atoms with van der Waals surface area (Å²) in [6.07, 6.45) is 6.44. The second kappa shape index (κ2) is 6.30. The molecule has 0 fully saturated rings. The van der Waals surface area contributed by atoms with E-state index in [2.05, 4.69) is 45.7 Å². The van der Waals surface area contributed by atoms with E-state index in [4.69, 9.17) is 9.72 Å². The van der Waals surface area contributed by atoms with Gasteiger partial charge in [0.15, 0.2) is 0 Å². The van der Waals surface area contributed by atoms with Crippen LogP contribution < -0.4 is 4.74 Å². The number of rotatable bonds is 3. The summed E-state index contributed by atoms with van der Waals surface area (Å²) in [7, 11) is 3.66. The molecule has 5 nitrogen and oxygen atoms in total. The molecule has 3 heterocycles. The fraction of sp³-hybridized carbons (Fsp3) is 0.174. The topological polar surface area (TPSA) is 52.8 Å². The lowest BCUT2D eigenvalue weighted by molar-refractivity contribution is 0.398. The maximum absolute atomic E-state index is 5.27. The second-order valence-electron chi connectivity index (χ2n) is 7.20. The highest BCUT2D eigenvalue weighted by atomic mass is 16.5. The number of aryl methyl sites for hydroxylation is 1. The van der Waals surface area contributed by atoms with Crippen molar-refractivity contribution >= 4 is 16.6 Å². The Labute approximate surface area is 163 Å². The molecule has 0 radical (unpaired) electrons. The summed E-state index contributed by atoms with van der Waals surface area (Å²) in [6.45, 7) is 2.19. The molecule has 4 aromatic rings. The molecule has 0 saturated heterocycles. The number of allylic oxidation sites excluding steroid dienone is 1. The molecule has 0 atom stereocenters. The van der Waals surface area contributed by atoms with E-state index in [-0.39, 0.29) is 0 Å². The third-order valence-corrected chi connectivity index (χ3v) is 5.39. The third-order valence-electron chi connectivity index (χ3n) is 5.39. The van der Waals surface area contributed by atoms with Gasteiger partial charge >= 0.3 is 0 Å². The summed E-state index contributed by atoms with van der Waals surface area (Å²) in [5.41, 5.74) is 10.4. The molecule has 5 heteroatoms. The number of benzene rings is 1. The summed E-state index contributed by atoms with van der Waals surface area (Å²) in [5, 5.41) is 0. The Morgan fingerprint density at radius 1 is 0.964 bits per heavy atom. The highest BCUT2D eigenvalue weighted by Gasteiger charge is 2.22. The lowest BCUT2D eigenvalue weighted by atomic mass is 9.96. The third kappa shape index (κ3) is 2.59. The smallest absolute Gasteiger partial charge is 0.213 e. The Morgan fingerprint density at radius 2 is 1.86 bits per heavy atom. The number of hydrogen-bond acceptors (Lipinski definition) is 4. The van der Waals surface area contributed by atoms with Crippen molar-refractivity contribution in [2.24, 2.45) is 7.05 Å². The molecule has 0 spiro atoms. The van der Waals surface area contributed by atoms with Crippen molar-refractivity contribution in [2.75, 3.05) is 7.11 Å². The number of methoxy groups -OCH3 is 1. The zero-order chi connectivity index (χ0) is 19.3. The molecule has 28 heavy (non-hydrogen) atoms. The van der Waals surface area contributed by atoms with Gasteiger partial charge in [-0.05, 0) is 47.9 Å². The Balaban J connectivity index is 1.64. The molecule has 0 unspecified atom stereocenters. The number of imidazole rings is 1. The van der Waals surface area contributed by atoms with Crippen LogP contribution in [-0.4, -0.2) is 26.6 Å². The van der Waals surface area contributed by atoms with Gasteiger partial charge in [0.2, 0.25) is 5.88 Å². The lowest BCUT2D eigenvalue weighted by Gasteiger charge is -2.10. The molecular weight excluding hydrogens is 348 g/mol. The highest BCUT2D eigenvalue weighted by molar-refractivity contribution is 5.91. The monoisotopic (exact) mass is 368 g/mol. The van der Waals surface area contributed by atoms with Crippen molar-refractivity contribution in [3.8, 4) is 17.0 Å². The minimum atomic E-state index is 0.603. The zero-order valence-corrected chi connectivity index (χ0v) is 16.1. The van der Waals surface area contributed by atoms with Gasteiger partial charge < -0.3 is 9.30 Å². The molecule has 0 N–H and O–H groups in total. The van der Waals surface area contributed by atoms with Gasteiger partial charge in [-0.1, -0.05) is 11.6 Å². The van der Waals surface area contributed by atoms with Crippen LogP contribution in [0.25, 0.3) is 27.7 Å². The van der Waals surface area contributed by atoms with E-state index in [0.29, 0.717) is 5.88 Å². The van der Waals surface area contributed by atoms with Crippen molar-refractivity contribution in [2.45, 2.75) is 13.3 Å². The van der Waals surface area contributed by atoms with Gasteiger partial charge in [0.05, 0.1) is 30.2 Å². The van der Waals surface area contributed by atoms with Crippen molar-refractivity contribution < 1.29 is 4.74 Å². The first-order chi connectivity index (χ1) is 13.6. The standard InChI is InChI=1S/C23H20N4O/c1-14-8-20-18(9-17(12-25-20)15-6-7-24-22(11-15)28-3)23(14)16-4-5-19-21(10-16)27(2)13-26-19/h4-7,9-13H,8H2,1-3H3. The van der Waals surface area contributed by atoms with Gasteiger partial charge in [-0.2, -0.15) is 0 Å². The molecule has 0 amide bonds. The fourth-order valence-electron chi connectivity index (χ4n) is 3.96. The predicted molar refractivity (Wildman–Crippen MR) is 110 cm³/mol. The molecule has 1 aliphatic rings. The minimum absolute atomic E-state index is 0.603. The van der Waals surface area contributed by atoms with Crippen LogP contribution in [0, 0.1) is 0 Å². The van der Waals surface area contributed by atoms with Gasteiger partial charge in [-0.3, -0.25) is 4.98 Å². The van der Waals surface area contributed by atoms with Crippen LogP contribution in [0.3, 0.4) is 0 Å². The van der Waals surface area contributed by atoms with Gasteiger partial charge in [-0.25, -0.2) is 9.97 Å². The zero-order valence-electron chi connectivity index (χ0n) is 16.1. The van der Waals surface area contributed by atoms with Gasteiger partial charge in [0, 0.05) is 43.1 Å². The van der Waals surface area contributed by atoms with Gasteiger partial charge in [-0.15, -0.1) is 0 Å². The average molecular weight is 368 g/mol. The molecule has 5 rings (SSSR count). The number of pyridine rings is 2. The quantitative estimate of drug-likeness (QED) is 0.537. The van der Waals surface area contributed by atoms with Gasteiger partial charge in [0.1, 0.15) is 0 Å². The summed E-state index contributed by atoms with van der Waals surface area (Å²) in [6, 6.07) is 12.6. The van der Waals surface area contributed by atoms with Crippen LogP contribution in [0.4, 0.5) is 0 Å². The fourth-order valence-corrected chi connectivity index (χ4v) is 3.96. The summed E-state index contributed by atoms with van der Waals surface area (Å²) >= 11 is 0. The van der Waals surface area contributed by atoms with Crippen molar-refractivity contribution in [1.82, 2.24) is 19.5 Å². The first-order valence-corrected chi connectivity index (χ1v) is 9.25. The number of nitrogens with zero attached hydrogens (tertiary/aromatic N) is 4. The lowest BCUT2D eigenvalue weighted by Crippen LogP contribution is -1.94. The van der Waals surface area contributed by atoms with Crippen molar-refractivity contribution in [1.29, 1.82) is 0 Å². The van der Waals surface area contributed by atoms with Crippen molar-refractivity contribution in [3.05, 3.63) is 77.5 Å². The molecule has 0 saturated carbocycles.